The maximum absolute atomic E-state index is 11.2. The van der Waals surface area contributed by atoms with Crippen LogP contribution in [-0.2, 0) is 15.6 Å². The van der Waals surface area contributed by atoms with Crippen LogP contribution in [0, 0.1) is 5.92 Å². The molecule has 0 amide bonds. The number of carboxylic acids is 1. The van der Waals surface area contributed by atoms with Gasteiger partial charge in [-0.05, 0) is 38.8 Å². The first-order valence-electron chi connectivity index (χ1n) is 5.98. The van der Waals surface area contributed by atoms with Gasteiger partial charge in [-0.2, -0.15) is 0 Å². The smallest absolute Gasteiger partial charge is 0.306 e. The van der Waals surface area contributed by atoms with Crippen LogP contribution in [0.3, 0.4) is 0 Å². The molecule has 0 spiro atoms. The van der Waals surface area contributed by atoms with Crippen LogP contribution < -0.4 is 0 Å². The zero-order valence-electron chi connectivity index (χ0n) is 9.43. The summed E-state index contributed by atoms with van der Waals surface area (Å²) < 4.78 is 11.2. The lowest BCUT2D eigenvalue weighted by Crippen LogP contribution is -2.45. The highest BCUT2D eigenvalue weighted by molar-refractivity contribution is 7.85. The van der Waals surface area contributed by atoms with Crippen molar-refractivity contribution < 1.29 is 14.1 Å². The van der Waals surface area contributed by atoms with Gasteiger partial charge in [-0.15, -0.1) is 0 Å². The van der Waals surface area contributed by atoms with Gasteiger partial charge >= 0.3 is 5.97 Å². The monoisotopic (exact) mass is 245 g/mol. The first kappa shape index (κ1) is 12.0. The second-order valence-corrected chi connectivity index (χ2v) is 6.42. The van der Waals surface area contributed by atoms with Crippen molar-refractivity contribution in [3.63, 3.8) is 0 Å². The van der Waals surface area contributed by atoms with E-state index in [1.54, 1.807) is 0 Å². The summed E-state index contributed by atoms with van der Waals surface area (Å²) in [5.41, 5.74) is 0. The van der Waals surface area contributed by atoms with Crippen molar-refractivity contribution in [1.82, 2.24) is 4.90 Å². The fourth-order valence-electron chi connectivity index (χ4n) is 2.66. The standard InChI is InChI=1S/C11H19NO3S/c13-11(14)9-1-5-12(6-2-9)10-3-7-16(15)8-4-10/h9-10H,1-8H2,(H,13,14). The molecule has 0 aromatic heterocycles. The van der Waals surface area contributed by atoms with Crippen molar-refractivity contribution in [2.45, 2.75) is 31.7 Å². The number of piperidine rings is 1. The van der Waals surface area contributed by atoms with Gasteiger partial charge in [0.15, 0.2) is 0 Å². The second-order valence-electron chi connectivity index (χ2n) is 4.73. The summed E-state index contributed by atoms with van der Waals surface area (Å²) >= 11 is 0. The summed E-state index contributed by atoms with van der Waals surface area (Å²) in [5.74, 6) is 0.853. The molecule has 0 aromatic rings. The van der Waals surface area contributed by atoms with Gasteiger partial charge in [0.1, 0.15) is 0 Å². The van der Waals surface area contributed by atoms with E-state index in [0.29, 0.717) is 6.04 Å². The van der Waals surface area contributed by atoms with Gasteiger partial charge in [-0.3, -0.25) is 9.00 Å². The molecule has 0 atom stereocenters. The largest absolute Gasteiger partial charge is 0.481 e. The number of carboxylic acid groups (broad SMARTS) is 1. The average Bonchev–Trinajstić information content (AvgIpc) is 2.30. The lowest BCUT2D eigenvalue weighted by molar-refractivity contribution is -0.143. The molecule has 0 aliphatic carbocycles. The minimum Gasteiger partial charge on any atom is -0.481 e. The van der Waals surface area contributed by atoms with E-state index in [1.165, 1.54) is 0 Å². The van der Waals surface area contributed by atoms with E-state index in [1.807, 2.05) is 0 Å². The highest BCUT2D eigenvalue weighted by Gasteiger charge is 2.30. The summed E-state index contributed by atoms with van der Waals surface area (Å²) in [4.78, 5) is 13.2. The molecule has 2 fully saturated rings. The summed E-state index contributed by atoms with van der Waals surface area (Å²) in [6.45, 7) is 1.79. The molecule has 92 valence electrons. The van der Waals surface area contributed by atoms with Crippen LogP contribution in [0.25, 0.3) is 0 Å². The molecule has 0 aromatic carbocycles. The van der Waals surface area contributed by atoms with Crippen LogP contribution in [0.4, 0.5) is 0 Å². The highest BCUT2D eigenvalue weighted by Crippen LogP contribution is 2.23. The van der Waals surface area contributed by atoms with Gasteiger partial charge in [-0.25, -0.2) is 0 Å². The molecule has 0 bridgehead atoms. The fraction of sp³-hybridized carbons (Fsp3) is 0.909. The van der Waals surface area contributed by atoms with Crippen molar-refractivity contribution in [3.8, 4) is 0 Å². The Bertz CT molecular complexity index is 277. The van der Waals surface area contributed by atoms with Gasteiger partial charge in [0.2, 0.25) is 0 Å². The summed E-state index contributed by atoms with van der Waals surface area (Å²) in [7, 11) is -0.600. The Morgan fingerprint density at radius 1 is 1.12 bits per heavy atom. The fourth-order valence-corrected chi connectivity index (χ4v) is 3.93. The molecule has 0 saturated carbocycles. The Kier molecular flexibility index (Phi) is 3.97. The summed E-state index contributed by atoms with van der Waals surface area (Å²) in [6, 6.07) is 0.549. The first-order chi connectivity index (χ1) is 7.66. The molecule has 4 nitrogen and oxygen atoms in total. The van der Waals surface area contributed by atoms with Crippen molar-refractivity contribution in [2.75, 3.05) is 24.6 Å². The summed E-state index contributed by atoms with van der Waals surface area (Å²) in [5, 5.41) is 8.91. The summed E-state index contributed by atoms with van der Waals surface area (Å²) in [6.07, 6.45) is 3.58. The SMILES string of the molecule is O=C(O)C1CCN(C2CCS(=O)CC2)CC1. The molecule has 2 heterocycles. The minimum atomic E-state index is -0.649. The van der Waals surface area contributed by atoms with E-state index in [4.69, 9.17) is 5.11 Å². The normalized spacial score (nSPS) is 33.8. The number of carbonyl (C=O) groups is 1. The number of nitrogens with zero attached hydrogens (tertiary/aromatic N) is 1. The van der Waals surface area contributed by atoms with E-state index < -0.39 is 16.8 Å². The van der Waals surface area contributed by atoms with Crippen LogP contribution in [-0.4, -0.2) is 50.8 Å². The van der Waals surface area contributed by atoms with Gasteiger partial charge in [0, 0.05) is 28.3 Å². The molecular formula is C11H19NO3S. The molecule has 0 unspecified atom stereocenters. The van der Waals surface area contributed by atoms with E-state index >= 15 is 0 Å². The van der Waals surface area contributed by atoms with E-state index in [-0.39, 0.29) is 5.92 Å². The molecule has 16 heavy (non-hydrogen) atoms. The lowest BCUT2D eigenvalue weighted by Gasteiger charge is -2.38. The Morgan fingerprint density at radius 3 is 2.19 bits per heavy atom. The third kappa shape index (κ3) is 2.83. The Labute approximate surface area is 98.5 Å². The van der Waals surface area contributed by atoms with Gasteiger partial charge < -0.3 is 10.0 Å². The van der Waals surface area contributed by atoms with E-state index in [0.717, 1.165) is 50.3 Å². The van der Waals surface area contributed by atoms with Gasteiger partial charge in [0.25, 0.3) is 0 Å². The van der Waals surface area contributed by atoms with Crippen LogP contribution >= 0.6 is 0 Å². The van der Waals surface area contributed by atoms with Crippen LogP contribution in [0.1, 0.15) is 25.7 Å². The Hall–Kier alpha value is -0.420. The van der Waals surface area contributed by atoms with E-state index in [9.17, 15) is 9.00 Å². The Balaban J connectivity index is 1.80. The maximum atomic E-state index is 11.2. The Morgan fingerprint density at radius 2 is 1.69 bits per heavy atom. The van der Waals surface area contributed by atoms with Crippen molar-refractivity contribution >= 4 is 16.8 Å². The van der Waals surface area contributed by atoms with Crippen molar-refractivity contribution in [3.05, 3.63) is 0 Å². The second kappa shape index (κ2) is 5.27. The zero-order valence-corrected chi connectivity index (χ0v) is 10.2. The van der Waals surface area contributed by atoms with Crippen LogP contribution in [0.5, 0.6) is 0 Å². The van der Waals surface area contributed by atoms with Gasteiger partial charge in [-0.1, -0.05) is 0 Å². The highest BCUT2D eigenvalue weighted by atomic mass is 32.2. The molecule has 2 aliphatic heterocycles. The van der Waals surface area contributed by atoms with Crippen molar-refractivity contribution in [1.29, 1.82) is 0 Å². The molecular weight excluding hydrogens is 226 g/mol. The quantitative estimate of drug-likeness (QED) is 0.778. The molecule has 2 aliphatic rings. The number of likely N-dealkylation sites (tertiary alicyclic amines) is 1. The van der Waals surface area contributed by atoms with Crippen LogP contribution in [0.15, 0.2) is 0 Å². The predicted molar refractivity (Wildman–Crippen MR) is 62.8 cm³/mol. The third-order valence-corrected chi connectivity index (χ3v) is 5.13. The molecule has 2 saturated heterocycles. The molecule has 2 rings (SSSR count). The number of aliphatic carboxylic acids is 1. The predicted octanol–water partition coefficient (Wildman–Crippen LogP) is 0.694. The topological polar surface area (TPSA) is 57.6 Å². The number of hydrogen-bond donors (Lipinski definition) is 1. The number of rotatable bonds is 2. The lowest BCUT2D eigenvalue weighted by atomic mass is 9.95. The number of hydrogen-bond acceptors (Lipinski definition) is 3. The third-order valence-electron chi connectivity index (χ3n) is 3.75. The minimum absolute atomic E-state index is 0.144. The molecule has 0 radical (unpaired) electrons. The van der Waals surface area contributed by atoms with Crippen molar-refractivity contribution in [2.24, 2.45) is 5.92 Å². The maximum Gasteiger partial charge on any atom is 0.306 e. The first-order valence-corrected chi connectivity index (χ1v) is 7.47. The average molecular weight is 245 g/mol. The molecule has 1 N–H and O–H groups in total. The zero-order chi connectivity index (χ0) is 11.5. The molecule has 5 heteroatoms. The van der Waals surface area contributed by atoms with Crippen LogP contribution in [0.2, 0.25) is 0 Å². The van der Waals surface area contributed by atoms with E-state index in [2.05, 4.69) is 4.90 Å². The van der Waals surface area contributed by atoms with Gasteiger partial charge in [0.05, 0.1) is 5.92 Å².